The lowest BCUT2D eigenvalue weighted by Gasteiger charge is -2.10. The first kappa shape index (κ1) is 18.7. The van der Waals surface area contributed by atoms with Gasteiger partial charge in [0.15, 0.2) is 0 Å². The first-order valence-electron chi connectivity index (χ1n) is 8.25. The minimum Gasteiger partial charge on any atom is -0.489 e. The SMILES string of the molecule is O=C(NNC(=O)c1ccccc1Br)c1ccc(OCc2ccccc2)cc1. The van der Waals surface area contributed by atoms with Gasteiger partial charge in [-0.1, -0.05) is 42.5 Å². The minimum absolute atomic E-state index is 0.404. The molecule has 0 spiro atoms. The predicted molar refractivity (Wildman–Crippen MR) is 106 cm³/mol. The van der Waals surface area contributed by atoms with Gasteiger partial charge in [-0.2, -0.15) is 0 Å². The molecule has 0 aliphatic rings. The van der Waals surface area contributed by atoms with Crippen molar-refractivity contribution in [2.24, 2.45) is 0 Å². The van der Waals surface area contributed by atoms with Crippen molar-refractivity contribution in [1.82, 2.24) is 10.9 Å². The summed E-state index contributed by atoms with van der Waals surface area (Å²) in [6.45, 7) is 0.453. The highest BCUT2D eigenvalue weighted by Gasteiger charge is 2.11. The number of hydrazine groups is 1. The van der Waals surface area contributed by atoms with Gasteiger partial charge in [0, 0.05) is 10.0 Å². The topological polar surface area (TPSA) is 67.4 Å². The molecule has 2 N–H and O–H groups in total. The molecule has 0 saturated carbocycles. The van der Waals surface area contributed by atoms with E-state index < -0.39 is 11.8 Å². The molecule has 6 heteroatoms. The van der Waals surface area contributed by atoms with Crippen LogP contribution in [0.25, 0.3) is 0 Å². The predicted octanol–water partition coefficient (Wildman–Crippen LogP) is 4.10. The molecule has 2 amide bonds. The van der Waals surface area contributed by atoms with Gasteiger partial charge in [0.2, 0.25) is 0 Å². The Labute approximate surface area is 165 Å². The summed E-state index contributed by atoms with van der Waals surface area (Å²) in [6, 6.07) is 23.5. The highest BCUT2D eigenvalue weighted by Crippen LogP contribution is 2.16. The Balaban J connectivity index is 1.53. The van der Waals surface area contributed by atoms with Gasteiger partial charge in [-0.15, -0.1) is 0 Å². The largest absolute Gasteiger partial charge is 0.489 e. The van der Waals surface area contributed by atoms with Crippen molar-refractivity contribution in [2.75, 3.05) is 0 Å². The highest BCUT2D eigenvalue weighted by molar-refractivity contribution is 9.10. The van der Waals surface area contributed by atoms with E-state index in [0.717, 1.165) is 5.56 Å². The number of hydrogen-bond donors (Lipinski definition) is 2. The van der Waals surface area contributed by atoms with Crippen LogP contribution in [0.1, 0.15) is 26.3 Å². The molecule has 0 aliphatic heterocycles. The molecule has 0 atom stereocenters. The maximum absolute atomic E-state index is 12.2. The second kappa shape index (κ2) is 9.00. The van der Waals surface area contributed by atoms with Crippen molar-refractivity contribution in [3.05, 3.63) is 100 Å². The molecular weight excluding hydrogens is 408 g/mol. The van der Waals surface area contributed by atoms with E-state index in [1.807, 2.05) is 30.3 Å². The fraction of sp³-hybridized carbons (Fsp3) is 0.0476. The average molecular weight is 425 g/mol. The number of nitrogens with one attached hydrogen (secondary N) is 2. The molecule has 0 saturated heterocycles. The second-order valence-electron chi connectivity index (χ2n) is 5.69. The van der Waals surface area contributed by atoms with Crippen LogP contribution in [0.4, 0.5) is 0 Å². The summed E-state index contributed by atoms with van der Waals surface area (Å²) in [5, 5.41) is 0. The van der Waals surface area contributed by atoms with Crippen molar-refractivity contribution in [2.45, 2.75) is 6.61 Å². The molecule has 27 heavy (non-hydrogen) atoms. The lowest BCUT2D eigenvalue weighted by molar-refractivity contribution is 0.0846. The molecule has 3 aromatic rings. The Morgan fingerprint density at radius 1 is 0.778 bits per heavy atom. The van der Waals surface area contributed by atoms with Crippen molar-refractivity contribution in [3.8, 4) is 5.75 Å². The van der Waals surface area contributed by atoms with Crippen LogP contribution in [0.5, 0.6) is 5.75 Å². The van der Waals surface area contributed by atoms with E-state index in [0.29, 0.717) is 28.0 Å². The Hall–Kier alpha value is -3.12. The number of benzene rings is 3. The van der Waals surface area contributed by atoms with Crippen LogP contribution in [-0.4, -0.2) is 11.8 Å². The van der Waals surface area contributed by atoms with Crippen molar-refractivity contribution in [1.29, 1.82) is 0 Å². The number of carbonyl (C=O) groups excluding carboxylic acids is 2. The van der Waals surface area contributed by atoms with Gasteiger partial charge in [-0.05, 0) is 57.9 Å². The average Bonchev–Trinajstić information content (AvgIpc) is 2.72. The lowest BCUT2D eigenvalue weighted by Crippen LogP contribution is -2.41. The molecule has 0 unspecified atom stereocenters. The molecule has 0 aromatic heterocycles. The van der Waals surface area contributed by atoms with E-state index in [1.54, 1.807) is 48.5 Å². The Kier molecular flexibility index (Phi) is 6.22. The molecule has 0 bridgehead atoms. The molecule has 0 aliphatic carbocycles. The molecule has 5 nitrogen and oxygen atoms in total. The molecular formula is C21H17BrN2O3. The van der Waals surface area contributed by atoms with Gasteiger partial charge < -0.3 is 4.74 Å². The fourth-order valence-corrected chi connectivity index (χ4v) is 2.81. The number of ether oxygens (including phenoxy) is 1. The molecule has 136 valence electrons. The zero-order valence-electron chi connectivity index (χ0n) is 14.3. The Morgan fingerprint density at radius 3 is 2.11 bits per heavy atom. The maximum atomic E-state index is 12.2. The van der Waals surface area contributed by atoms with Gasteiger partial charge in [-0.25, -0.2) is 0 Å². The summed E-state index contributed by atoms with van der Waals surface area (Å²) < 4.78 is 6.34. The van der Waals surface area contributed by atoms with Crippen LogP contribution in [0, 0.1) is 0 Å². The molecule has 3 aromatic carbocycles. The van der Waals surface area contributed by atoms with Gasteiger partial charge in [-0.3, -0.25) is 20.4 Å². The standard InChI is InChI=1S/C21H17BrN2O3/c22-19-9-5-4-8-18(19)21(26)24-23-20(25)16-10-12-17(13-11-16)27-14-15-6-2-1-3-7-15/h1-13H,14H2,(H,23,25)(H,24,26). The van der Waals surface area contributed by atoms with E-state index in [9.17, 15) is 9.59 Å². The summed E-state index contributed by atoms with van der Waals surface area (Å²) in [4.78, 5) is 24.3. The van der Waals surface area contributed by atoms with Gasteiger partial charge >= 0.3 is 0 Å². The Morgan fingerprint density at radius 2 is 1.41 bits per heavy atom. The summed E-state index contributed by atoms with van der Waals surface area (Å²) >= 11 is 3.30. The summed E-state index contributed by atoms with van der Waals surface area (Å²) in [5.41, 5.74) is 6.71. The highest BCUT2D eigenvalue weighted by atomic mass is 79.9. The number of halogens is 1. The van der Waals surface area contributed by atoms with Gasteiger partial charge in [0.05, 0.1) is 5.56 Å². The van der Waals surface area contributed by atoms with E-state index in [4.69, 9.17) is 4.74 Å². The number of carbonyl (C=O) groups is 2. The van der Waals surface area contributed by atoms with E-state index >= 15 is 0 Å². The third-order valence-corrected chi connectivity index (χ3v) is 4.46. The van der Waals surface area contributed by atoms with E-state index in [-0.39, 0.29) is 0 Å². The molecule has 0 fully saturated rings. The fourth-order valence-electron chi connectivity index (χ4n) is 2.34. The number of hydrogen-bond acceptors (Lipinski definition) is 3. The zero-order valence-corrected chi connectivity index (χ0v) is 15.9. The molecule has 0 radical (unpaired) electrons. The van der Waals surface area contributed by atoms with Crippen LogP contribution in [-0.2, 0) is 6.61 Å². The smallest absolute Gasteiger partial charge is 0.270 e. The van der Waals surface area contributed by atoms with E-state index in [2.05, 4.69) is 26.8 Å². The molecule has 0 heterocycles. The van der Waals surface area contributed by atoms with Crippen molar-refractivity contribution in [3.63, 3.8) is 0 Å². The number of amides is 2. The minimum atomic E-state index is -0.412. The first-order chi connectivity index (χ1) is 13.1. The quantitative estimate of drug-likeness (QED) is 0.605. The van der Waals surface area contributed by atoms with Gasteiger partial charge in [0.25, 0.3) is 11.8 Å². The van der Waals surface area contributed by atoms with E-state index in [1.165, 1.54) is 0 Å². The second-order valence-corrected chi connectivity index (χ2v) is 6.54. The Bertz CT molecular complexity index is 928. The monoisotopic (exact) mass is 424 g/mol. The summed E-state index contributed by atoms with van der Waals surface area (Å²) in [5.74, 6) is -0.156. The van der Waals surface area contributed by atoms with Crippen LogP contribution >= 0.6 is 15.9 Å². The van der Waals surface area contributed by atoms with Crippen molar-refractivity contribution < 1.29 is 14.3 Å². The van der Waals surface area contributed by atoms with Crippen LogP contribution in [0.2, 0.25) is 0 Å². The van der Waals surface area contributed by atoms with Crippen LogP contribution in [0.3, 0.4) is 0 Å². The lowest BCUT2D eigenvalue weighted by atomic mass is 10.2. The normalized spacial score (nSPS) is 10.1. The third kappa shape index (κ3) is 5.18. The zero-order chi connectivity index (χ0) is 19.1. The summed E-state index contributed by atoms with van der Waals surface area (Å²) in [7, 11) is 0. The van der Waals surface area contributed by atoms with Crippen molar-refractivity contribution >= 4 is 27.7 Å². The number of rotatable bonds is 5. The van der Waals surface area contributed by atoms with Crippen LogP contribution in [0.15, 0.2) is 83.3 Å². The van der Waals surface area contributed by atoms with Crippen LogP contribution < -0.4 is 15.6 Å². The first-order valence-corrected chi connectivity index (χ1v) is 9.05. The third-order valence-electron chi connectivity index (χ3n) is 3.77. The summed E-state index contributed by atoms with van der Waals surface area (Å²) in [6.07, 6.45) is 0. The van der Waals surface area contributed by atoms with Gasteiger partial charge in [0.1, 0.15) is 12.4 Å². The molecule has 3 rings (SSSR count). The maximum Gasteiger partial charge on any atom is 0.270 e.